The Bertz CT molecular complexity index is 220. The Balaban J connectivity index is 2.10. The Morgan fingerprint density at radius 3 is 2.82 bits per heavy atom. The predicted octanol–water partition coefficient (Wildman–Crippen LogP) is 0.0869. The van der Waals surface area contributed by atoms with Gasteiger partial charge in [0.15, 0.2) is 0 Å². The molecule has 2 N–H and O–H groups in total. The minimum atomic E-state index is -0.282. The first kappa shape index (κ1) is 6.83. The molecule has 3 nitrogen and oxygen atoms in total. The van der Waals surface area contributed by atoms with Crippen LogP contribution in [0, 0.1) is 17.8 Å². The first-order chi connectivity index (χ1) is 5.22. The minimum Gasteiger partial charge on any atom is -0.369 e. The van der Waals surface area contributed by atoms with Gasteiger partial charge in [-0.1, -0.05) is 0 Å². The summed E-state index contributed by atoms with van der Waals surface area (Å²) in [6, 6.07) is 0. The van der Waals surface area contributed by atoms with Crippen molar-refractivity contribution in [2.24, 2.45) is 23.5 Å². The standard InChI is InChI=1S/C8H11NO2/c9-8(11)7-4-2-1-3-5(10)6(4)7/h4,6-7H,1-3H2,(H2,9,11). The molecule has 0 aliphatic heterocycles. The van der Waals surface area contributed by atoms with Gasteiger partial charge < -0.3 is 5.73 Å². The second-order valence-electron chi connectivity index (χ2n) is 3.48. The SMILES string of the molecule is NC(=O)C1C2CCCC(=O)C21. The highest BCUT2D eigenvalue weighted by atomic mass is 16.2. The lowest BCUT2D eigenvalue weighted by atomic mass is 10.00. The average Bonchev–Trinajstić information content (AvgIpc) is 2.62. The Morgan fingerprint density at radius 2 is 2.27 bits per heavy atom. The number of hydrogen-bond donors (Lipinski definition) is 1. The van der Waals surface area contributed by atoms with Crippen LogP contribution in [0.25, 0.3) is 0 Å². The van der Waals surface area contributed by atoms with Gasteiger partial charge in [-0.05, 0) is 18.8 Å². The molecule has 0 spiro atoms. The molecular weight excluding hydrogens is 142 g/mol. The monoisotopic (exact) mass is 153 g/mol. The molecule has 2 saturated carbocycles. The van der Waals surface area contributed by atoms with Crippen molar-refractivity contribution >= 4 is 11.7 Å². The molecule has 0 saturated heterocycles. The van der Waals surface area contributed by atoms with Crippen molar-refractivity contribution in [2.75, 3.05) is 0 Å². The highest BCUT2D eigenvalue weighted by Gasteiger charge is 2.58. The van der Waals surface area contributed by atoms with Gasteiger partial charge in [0.05, 0.1) is 5.92 Å². The van der Waals surface area contributed by atoms with Crippen LogP contribution < -0.4 is 5.73 Å². The Hall–Kier alpha value is -0.860. The summed E-state index contributed by atoms with van der Waals surface area (Å²) >= 11 is 0. The number of fused-ring (bicyclic) bond motifs is 1. The lowest BCUT2D eigenvalue weighted by Gasteiger charge is -2.04. The van der Waals surface area contributed by atoms with E-state index in [-0.39, 0.29) is 23.5 Å². The number of carbonyl (C=O) groups is 2. The number of rotatable bonds is 1. The molecule has 3 heteroatoms. The fourth-order valence-corrected chi connectivity index (χ4v) is 2.24. The van der Waals surface area contributed by atoms with Crippen molar-refractivity contribution in [3.05, 3.63) is 0 Å². The van der Waals surface area contributed by atoms with Crippen molar-refractivity contribution in [1.82, 2.24) is 0 Å². The fraction of sp³-hybridized carbons (Fsp3) is 0.750. The largest absolute Gasteiger partial charge is 0.369 e. The van der Waals surface area contributed by atoms with E-state index in [9.17, 15) is 9.59 Å². The van der Waals surface area contributed by atoms with E-state index >= 15 is 0 Å². The van der Waals surface area contributed by atoms with Crippen molar-refractivity contribution in [3.8, 4) is 0 Å². The number of hydrogen-bond acceptors (Lipinski definition) is 2. The molecule has 0 aromatic carbocycles. The summed E-state index contributed by atoms with van der Waals surface area (Å²) in [7, 11) is 0. The van der Waals surface area contributed by atoms with Crippen molar-refractivity contribution in [1.29, 1.82) is 0 Å². The number of Topliss-reactive ketones (excluding diaryl/α,β-unsaturated/α-hetero) is 1. The van der Waals surface area contributed by atoms with Crippen molar-refractivity contribution < 1.29 is 9.59 Å². The minimum absolute atomic E-state index is 0.0150. The molecule has 2 aliphatic rings. The Kier molecular flexibility index (Phi) is 1.28. The number of amides is 1. The maximum Gasteiger partial charge on any atom is 0.221 e. The molecule has 2 rings (SSSR count). The third kappa shape index (κ3) is 0.870. The molecule has 60 valence electrons. The van der Waals surface area contributed by atoms with Gasteiger partial charge in [0.1, 0.15) is 5.78 Å². The zero-order valence-electron chi connectivity index (χ0n) is 6.25. The second-order valence-corrected chi connectivity index (χ2v) is 3.48. The molecule has 11 heavy (non-hydrogen) atoms. The van der Waals surface area contributed by atoms with Crippen LogP contribution in [0.2, 0.25) is 0 Å². The topological polar surface area (TPSA) is 60.2 Å². The summed E-state index contributed by atoms with van der Waals surface area (Å²) < 4.78 is 0. The van der Waals surface area contributed by atoms with Crippen LogP contribution in [0.5, 0.6) is 0 Å². The molecule has 0 heterocycles. The summed E-state index contributed by atoms with van der Waals surface area (Å²) in [6.07, 6.45) is 2.62. The molecule has 3 unspecified atom stereocenters. The summed E-state index contributed by atoms with van der Waals surface area (Å²) in [5.41, 5.74) is 5.13. The van der Waals surface area contributed by atoms with E-state index < -0.39 is 0 Å². The number of primary amides is 1. The summed E-state index contributed by atoms with van der Waals surface area (Å²) in [5, 5.41) is 0. The first-order valence-electron chi connectivity index (χ1n) is 4.04. The quantitative estimate of drug-likeness (QED) is 0.580. The molecular formula is C8H11NO2. The zero-order chi connectivity index (χ0) is 8.01. The van der Waals surface area contributed by atoms with Gasteiger partial charge in [-0.25, -0.2) is 0 Å². The van der Waals surface area contributed by atoms with E-state index in [1.165, 1.54) is 0 Å². The molecule has 3 atom stereocenters. The molecule has 2 aliphatic carbocycles. The molecule has 2 fully saturated rings. The van der Waals surface area contributed by atoms with Crippen LogP contribution in [-0.4, -0.2) is 11.7 Å². The predicted molar refractivity (Wildman–Crippen MR) is 38.5 cm³/mol. The van der Waals surface area contributed by atoms with Crippen LogP contribution >= 0.6 is 0 Å². The van der Waals surface area contributed by atoms with E-state index in [1.54, 1.807) is 0 Å². The first-order valence-corrected chi connectivity index (χ1v) is 4.04. The number of nitrogens with two attached hydrogens (primary N) is 1. The highest BCUT2D eigenvalue weighted by molar-refractivity contribution is 5.94. The fourth-order valence-electron chi connectivity index (χ4n) is 2.24. The van der Waals surface area contributed by atoms with Gasteiger partial charge >= 0.3 is 0 Å². The van der Waals surface area contributed by atoms with Crippen LogP contribution in [0.4, 0.5) is 0 Å². The summed E-state index contributed by atoms with van der Waals surface area (Å²) in [5.74, 6) is 0.195. The van der Waals surface area contributed by atoms with E-state index in [0.29, 0.717) is 12.3 Å². The Morgan fingerprint density at radius 1 is 1.55 bits per heavy atom. The van der Waals surface area contributed by atoms with E-state index in [1.807, 2.05) is 0 Å². The van der Waals surface area contributed by atoms with E-state index in [0.717, 1.165) is 12.8 Å². The van der Waals surface area contributed by atoms with Gasteiger partial charge in [-0.15, -0.1) is 0 Å². The van der Waals surface area contributed by atoms with Gasteiger partial charge in [0.25, 0.3) is 0 Å². The highest BCUT2D eigenvalue weighted by Crippen LogP contribution is 2.53. The summed E-state index contributed by atoms with van der Waals surface area (Å²) in [4.78, 5) is 21.9. The molecule has 0 bridgehead atoms. The van der Waals surface area contributed by atoms with Gasteiger partial charge in [-0.3, -0.25) is 9.59 Å². The number of carbonyl (C=O) groups excluding carboxylic acids is 2. The van der Waals surface area contributed by atoms with Crippen molar-refractivity contribution in [2.45, 2.75) is 19.3 Å². The van der Waals surface area contributed by atoms with E-state index in [2.05, 4.69) is 0 Å². The third-order valence-electron chi connectivity index (χ3n) is 2.83. The van der Waals surface area contributed by atoms with Gasteiger partial charge in [-0.2, -0.15) is 0 Å². The molecule has 0 aromatic heterocycles. The Labute approximate surface area is 64.9 Å². The average molecular weight is 153 g/mol. The van der Waals surface area contributed by atoms with Crippen LogP contribution in [0.1, 0.15) is 19.3 Å². The van der Waals surface area contributed by atoms with Crippen LogP contribution in [0.3, 0.4) is 0 Å². The number of ketones is 1. The third-order valence-corrected chi connectivity index (χ3v) is 2.83. The zero-order valence-corrected chi connectivity index (χ0v) is 6.25. The maximum atomic E-state index is 11.1. The molecule has 1 amide bonds. The van der Waals surface area contributed by atoms with E-state index in [4.69, 9.17) is 5.73 Å². The lowest BCUT2D eigenvalue weighted by molar-refractivity contribution is -0.124. The van der Waals surface area contributed by atoms with Crippen molar-refractivity contribution in [3.63, 3.8) is 0 Å². The molecule has 0 radical (unpaired) electrons. The second kappa shape index (κ2) is 2.06. The van der Waals surface area contributed by atoms with Crippen LogP contribution in [0.15, 0.2) is 0 Å². The maximum absolute atomic E-state index is 11.1. The normalized spacial score (nSPS) is 41.5. The molecule has 0 aromatic rings. The smallest absolute Gasteiger partial charge is 0.221 e. The van der Waals surface area contributed by atoms with Gasteiger partial charge in [0.2, 0.25) is 5.91 Å². The van der Waals surface area contributed by atoms with Crippen LogP contribution in [-0.2, 0) is 9.59 Å². The lowest BCUT2D eigenvalue weighted by Crippen LogP contribution is -2.16. The van der Waals surface area contributed by atoms with Gasteiger partial charge in [0, 0.05) is 12.3 Å². The summed E-state index contributed by atoms with van der Waals surface area (Å²) in [6.45, 7) is 0.